The molecule has 0 bridgehead atoms. The molecule has 0 aromatic heterocycles. The molecular weight excluding hydrogens is 196 g/mol. The maximum absolute atomic E-state index is 11.5. The molecule has 0 aliphatic carbocycles. The third-order valence-electron chi connectivity index (χ3n) is 2.51. The van der Waals surface area contributed by atoms with E-state index < -0.39 is 5.97 Å². The van der Waals surface area contributed by atoms with Crippen LogP contribution in [0.15, 0.2) is 18.2 Å². The van der Waals surface area contributed by atoms with Crippen molar-refractivity contribution in [1.82, 2.24) is 0 Å². The van der Waals surface area contributed by atoms with Gasteiger partial charge in [0.05, 0.1) is 0 Å². The first-order valence-corrected chi connectivity index (χ1v) is 4.85. The monoisotopic (exact) mass is 208 g/mol. The van der Waals surface area contributed by atoms with Crippen LogP contribution in [0.4, 0.5) is 0 Å². The fraction of sp³-hybridized carbons (Fsp3) is 0.364. The normalized spacial score (nSPS) is 19.5. The number of aromatic hydroxyl groups is 1. The largest absolute Gasteiger partial charge is 0.507 e. The molecule has 1 aromatic rings. The standard InChI is InChI=1S/C11H12O4/c12-5-4-8-6-7-2-1-3-9(13)10(7)11(14)15-8/h1-3,8,12-13H,4-6H2/t8-/m1/s1. The highest BCUT2D eigenvalue weighted by Crippen LogP contribution is 2.28. The number of fused-ring (bicyclic) bond motifs is 1. The highest BCUT2D eigenvalue weighted by Gasteiger charge is 2.28. The quantitative estimate of drug-likeness (QED) is 0.707. The van der Waals surface area contributed by atoms with E-state index in [1.807, 2.05) is 0 Å². The molecule has 1 aliphatic rings. The molecule has 0 spiro atoms. The van der Waals surface area contributed by atoms with Gasteiger partial charge in [-0.25, -0.2) is 4.79 Å². The summed E-state index contributed by atoms with van der Waals surface area (Å²) in [5.41, 5.74) is 1.04. The van der Waals surface area contributed by atoms with Gasteiger partial charge in [0.1, 0.15) is 17.4 Å². The highest BCUT2D eigenvalue weighted by atomic mass is 16.5. The number of phenols is 1. The molecule has 15 heavy (non-hydrogen) atoms. The molecule has 0 radical (unpaired) electrons. The van der Waals surface area contributed by atoms with Gasteiger partial charge in [-0.15, -0.1) is 0 Å². The third kappa shape index (κ3) is 1.80. The summed E-state index contributed by atoms with van der Waals surface area (Å²) in [6.07, 6.45) is 0.702. The fourth-order valence-corrected chi connectivity index (χ4v) is 1.79. The van der Waals surface area contributed by atoms with Gasteiger partial charge in [-0.3, -0.25) is 0 Å². The Morgan fingerprint density at radius 2 is 2.27 bits per heavy atom. The number of aliphatic hydroxyl groups is 1. The predicted molar refractivity (Wildman–Crippen MR) is 52.7 cm³/mol. The maximum atomic E-state index is 11.5. The molecule has 0 unspecified atom stereocenters. The van der Waals surface area contributed by atoms with E-state index in [1.54, 1.807) is 12.1 Å². The Kier molecular flexibility index (Phi) is 2.60. The first kappa shape index (κ1) is 9.98. The molecule has 80 valence electrons. The molecule has 4 heteroatoms. The molecule has 0 saturated heterocycles. The van der Waals surface area contributed by atoms with Gasteiger partial charge in [0.15, 0.2) is 0 Å². The Morgan fingerprint density at radius 1 is 1.47 bits per heavy atom. The van der Waals surface area contributed by atoms with E-state index in [-0.39, 0.29) is 24.0 Å². The number of carbonyl (C=O) groups is 1. The summed E-state index contributed by atoms with van der Waals surface area (Å²) in [6, 6.07) is 4.95. The van der Waals surface area contributed by atoms with E-state index in [4.69, 9.17) is 9.84 Å². The number of ether oxygens (including phenoxy) is 1. The smallest absolute Gasteiger partial charge is 0.342 e. The van der Waals surface area contributed by atoms with E-state index in [2.05, 4.69) is 0 Å². The average Bonchev–Trinajstić information content (AvgIpc) is 2.17. The number of hydrogen-bond acceptors (Lipinski definition) is 4. The maximum Gasteiger partial charge on any atom is 0.342 e. The molecule has 1 atom stereocenters. The number of phenolic OH excluding ortho intramolecular Hbond substituents is 1. The third-order valence-corrected chi connectivity index (χ3v) is 2.51. The Labute approximate surface area is 87.1 Å². The summed E-state index contributed by atoms with van der Waals surface area (Å²) in [5, 5.41) is 18.3. The van der Waals surface area contributed by atoms with Crippen molar-refractivity contribution in [2.75, 3.05) is 6.61 Å². The Balaban J connectivity index is 2.32. The zero-order valence-corrected chi connectivity index (χ0v) is 8.14. The zero-order valence-electron chi connectivity index (χ0n) is 8.14. The van der Waals surface area contributed by atoms with Crippen LogP contribution in [-0.4, -0.2) is 28.9 Å². The van der Waals surface area contributed by atoms with Crippen molar-refractivity contribution in [2.45, 2.75) is 18.9 Å². The van der Waals surface area contributed by atoms with Crippen molar-refractivity contribution in [2.24, 2.45) is 0 Å². The minimum absolute atomic E-state index is 0.00784. The summed E-state index contributed by atoms with van der Waals surface area (Å²) in [6.45, 7) is -0.00784. The summed E-state index contributed by atoms with van der Waals surface area (Å²) < 4.78 is 5.08. The number of aliphatic hydroxyl groups excluding tert-OH is 1. The van der Waals surface area contributed by atoms with Gasteiger partial charge in [0, 0.05) is 19.4 Å². The molecular formula is C11H12O4. The van der Waals surface area contributed by atoms with Crippen LogP contribution in [-0.2, 0) is 11.2 Å². The second kappa shape index (κ2) is 3.90. The zero-order chi connectivity index (χ0) is 10.8. The number of carbonyl (C=O) groups excluding carboxylic acids is 1. The topological polar surface area (TPSA) is 66.8 Å². The number of rotatable bonds is 2. The summed E-state index contributed by atoms with van der Waals surface area (Å²) in [5.74, 6) is -0.548. The van der Waals surface area contributed by atoms with Gasteiger partial charge < -0.3 is 14.9 Å². The molecule has 1 aromatic carbocycles. The summed E-state index contributed by atoms with van der Waals surface area (Å²) in [4.78, 5) is 11.5. The van der Waals surface area contributed by atoms with Crippen molar-refractivity contribution in [1.29, 1.82) is 0 Å². The van der Waals surface area contributed by atoms with Gasteiger partial charge in [-0.2, -0.15) is 0 Å². The lowest BCUT2D eigenvalue weighted by molar-refractivity contribution is 0.0194. The Morgan fingerprint density at radius 3 is 3.00 bits per heavy atom. The Bertz CT molecular complexity index is 386. The van der Waals surface area contributed by atoms with Gasteiger partial charge in [-0.05, 0) is 11.6 Å². The number of cyclic esters (lactones) is 1. The van der Waals surface area contributed by atoms with Gasteiger partial charge in [0.25, 0.3) is 0 Å². The van der Waals surface area contributed by atoms with Crippen LogP contribution in [0.3, 0.4) is 0 Å². The van der Waals surface area contributed by atoms with E-state index in [0.29, 0.717) is 12.8 Å². The molecule has 2 N–H and O–H groups in total. The number of hydrogen-bond donors (Lipinski definition) is 2. The fourth-order valence-electron chi connectivity index (χ4n) is 1.79. The van der Waals surface area contributed by atoms with Gasteiger partial charge >= 0.3 is 5.97 Å². The average molecular weight is 208 g/mol. The lowest BCUT2D eigenvalue weighted by Crippen LogP contribution is -2.28. The minimum Gasteiger partial charge on any atom is -0.507 e. The Hall–Kier alpha value is -1.55. The summed E-state index contributed by atoms with van der Waals surface area (Å²) in [7, 11) is 0. The minimum atomic E-state index is -0.507. The van der Waals surface area contributed by atoms with E-state index >= 15 is 0 Å². The van der Waals surface area contributed by atoms with Crippen LogP contribution in [0.1, 0.15) is 22.3 Å². The molecule has 1 heterocycles. The van der Waals surface area contributed by atoms with E-state index in [0.717, 1.165) is 5.56 Å². The molecule has 0 fully saturated rings. The van der Waals surface area contributed by atoms with E-state index in [1.165, 1.54) is 6.07 Å². The van der Waals surface area contributed by atoms with Crippen molar-refractivity contribution in [3.05, 3.63) is 29.3 Å². The first-order chi connectivity index (χ1) is 7.22. The molecule has 1 aliphatic heterocycles. The number of benzene rings is 1. The first-order valence-electron chi connectivity index (χ1n) is 4.85. The van der Waals surface area contributed by atoms with Crippen LogP contribution in [0.5, 0.6) is 5.75 Å². The number of esters is 1. The van der Waals surface area contributed by atoms with E-state index in [9.17, 15) is 9.90 Å². The van der Waals surface area contributed by atoms with Crippen LogP contribution >= 0.6 is 0 Å². The highest BCUT2D eigenvalue weighted by molar-refractivity contribution is 5.95. The molecule has 2 rings (SSSR count). The van der Waals surface area contributed by atoms with Crippen molar-refractivity contribution in [3.8, 4) is 5.75 Å². The van der Waals surface area contributed by atoms with Crippen LogP contribution in [0, 0.1) is 0 Å². The molecule has 0 saturated carbocycles. The SMILES string of the molecule is O=C1O[C@H](CCO)Cc2cccc(O)c21. The second-order valence-corrected chi connectivity index (χ2v) is 3.55. The van der Waals surface area contributed by atoms with Crippen molar-refractivity contribution >= 4 is 5.97 Å². The van der Waals surface area contributed by atoms with Crippen LogP contribution in [0.25, 0.3) is 0 Å². The lowest BCUT2D eigenvalue weighted by atomic mass is 9.96. The van der Waals surface area contributed by atoms with Gasteiger partial charge in [0.2, 0.25) is 0 Å². The van der Waals surface area contributed by atoms with Gasteiger partial charge in [-0.1, -0.05) is 12.1 Å². The second-order valence-electron chi connectivity index (χ2n) is 3.55. The van der Waals surface area contributed by atoms with Crippen molar-refractivity contribution in [3.63, 3.8) is 0 Å². The van der Waals surface area contributed by atoms with Crippen molar-refractivity contribution < 1.29 is 19.7 Å². The molecule has 4 nitrogen and oxygen atoms in total. The summed E-state index contributed by atoms with van der Waals surface area (Å²) >= 11 is 0. The van der Waals surface area contributed by atoms with Crippen LogP contribution < -0.4 is 0 Å². The van der Waals surface area contributed by atoms with Crippen LogP contribution in [0.2, 0.25) is 0 Å². The lowest BCUT2D eigenvalue weighted by Gasteiger charge is -2.24. The molecule has 0 amide bonds. The predicted octanol–water partition coefficient (Wildman–Crippen LogP) is 0.856.